The molecule has 0 unspecified atom stereocenters. The Morgan fingerprint density at radius 1 is 1.29 bits per heavy atom. The predicted octanol–water partition coefficient (Wildman–Crippen LogP) is 1.61. The molecular formula is C17H20N4O3. The lowest BCUT2D eigenvalue weighted by Crippen LogP contribution is -2.42. The van der Waals surface area contributed by atoms with Crippen LogP contribution in [0.4, 0.5) is 0 Å². The van der Waals surface area contributed by atoms with E-state index in [1.165, 1.54) is 0 Å². The molecule has 0 spiro atoms. The topological polar surface area (TPSA) is 88.3 Å². The molecule has 2 aromatic heterocycles. The lowest BCUT2D eigenvalue weighted by molar-refractivity contribution is -0.134. The second-order valence-corrected chi connectivity index (χ2v) is 5.83. The molecule has 1 aliphatic heterocycles. The van der Waals surface area contributed by atoms with Gasteiger partial charge in [-0.15, -0.1) is 0 Å². The van der Waals surface area contributed by atoms with Gasteiger partial charge in [0.1, 0.15) is 5.69 Å². The van der Waals surface area contributed by atoms with E-state index in [1.54, 1.807) is 36.5 Å². The van der Waals surface area contributed by atoms with Gasteiger partial charge in [-0.1, -0.05) is 0 Å². The van der Waals surface area contributed by atoms with Crippen molar-refractivity contribution in [2.75, 3.05) is 13.1 Å². The van der Waals surface area contributed by atoms with Crippen LogP contribution in [0, 0.1) is 5.92 Å². The third kappa shape index (κ3) is 3.61. The predicted molar refractivity (Wildman–Crippen MR) is 86.6 cm³/mol. The number of hydrogen-bond donors (Lipinski definition) is 1. The monoisotopic (exact) mass is 328 g/mol. The molecular weight excluding hydrogens is 308 g/mol. The number of furan rings is 1. The number of carbonyl (C=O) groups is 2. The van der Waals surface area contributed by atoms with Gasteiger partial charge in [0.2, 0.25) is 11.8 Å². The summed E-state index contributed by atoms with van der Waals surface area (Å²) in [5.41, 5.74) is 1.30. The summed E-state index contributed by atoms with van der Waals surface area (Å²) in [6, 6.07) is 3.60. The number of piperidine rings is 1. The Bertz CT molecular complexity index is 706. The molecule has 7 nitrogen and oxygen atoms in total. The minimum absolute atomic E-state index is 0.00532. The largest absolute Gasteiger partial charge is 0.463 e. The molecule has 0 aliphatic carbocycles. The summed E-state index contributed by atoms with van der Waals surface area (Å²) in [6.07, 6.45) is 6.16. The highest BCUT2D eigenvalue weighted by atomic mass is 16.3. The van der Waals surface area contributed by atoms with Gasteiger partial charge in [-0.3, -0.25) is 14.6 Å². The molecule has 0 atom stereocenters. The molecule has 1 saturated heterocycles. The second-order valence-electron chi connectivity index (χ2n) is 5.83. The first kappa shape index (κ1) is 16.2. The van der Waals surface area contributed by atoms with Gasteiger partial charge in [0, 0.05) is 38.3 Å². The Morgan fingerprint density at radius 3 is 2.71 bits per heavy atom. The van der Waals surface area contributed by atoms with Crippen molar-refractivity contribution in [3.8, 4) is 11.5 Å². The van der Waals surface area contributed by atoms with Gasteiger partial charge >= 0.3 is 0 Å². The first-order chi connectivity index (χ1) is 11.6. The SMILES string of the molecule is CC(=O)N1CCC(C(=O)NCc2nccnc2-c2ccco2)CC1. The molecule has 126 valence electrons. The van der Waals surface area contributed by atoms with Crippen LogP contribution in [0.25, 0.3) is 11.5 Å². The number of carbonyl (C=O) groups excluding carboxylic acids is 2. The van der Waals surface area contributed by atoms with Gasteiger partial charge in [0.25, 0.3) is 0 Å². The molecule has 1 N–H and O–H groups in total. The van der Waals surface area contributed by atoms with Gasteiger partial charge < -0.3 is 14.6 Å². The molecule has 24 heavy (non-hydrogen) atoms. The number of nitrogens with one attached hydrogen (secondary N) is 1. The number of rotatable bonds is 4. The number of nitrogens with zero attached hydrogens (tertiary/aromatic N) is 3. The summed E-state index contributed by atoms with van der Waals surface area (Å²) in [5, 5.41) is 2.93. The van der Waals surface area contributed by atoms with Crippen LogP contribution < -0.4 is 5.32 Å². The van der Waals surface area contributed by atoms with Gasteiger partial charge in [0.15, 0.2) is 5.76 Å². The van der Waals surface area contributed by atoms with Crippen LogP contribution in [-0.4, -0.2) is 39.8 Å². The zero-order valence-electron chi connectivity index (χ0n) is 13.6. The van der Waals surface area contributed by atoms with Crippen LogP contribution in [0.5, 0.6) is 0 Å². The molecule has 1 aliphatic rings. The lowest BCUT2D eigenvalue weighted by atomic mass is 9.96. The van der Waals surface area contributed by atoms with E-state index in [2.05, 4.69) is 15.3 Å². The molecule has 0 radical (unpaired) electrons. The van der Waals surface area contributed by atoms with Crippen molar-refractivity contribution in [3.05, 3.63) is 36.5 Å². The van der Waals surface area contributed by atoms with Crippen molar-refractivity contribution in [1.82, 2.24) is 20.2 Å². The van der Waals surface area contributed by atoms with Crippen LogP contribution >= 0.6 is 0 Å². The van der Waals surface area contributed by atoms with Crippen molar-refractivity contribution in [3.63, 3.8) is 0 Å². The van der Waals surface area contributed by atoms with Gasteiger partial charge in [-0.25, -0.2) is 4.98 Å². The molecule has 7 heteroatoms. The average molecular weight is 328 g/mol. The molecule has 0 bridgehead atoms. The zero-order valence-corrected chi connectivity index (χ0v) is 13.6. The van der Waals surface area contributed by atoms with E-state index in [9.17, 15) is 9.59 Å². The third-order valence-electron chi connectivity index (χ3n) is 4.27. The highest BCUT2D eigenvalue weighted by molar-refractivity contribution is 5.79. The summed E-state index contributed by atoms with van der Waals surface area (Å²) in [5.74, 6) is 0.622. The summed E-state index contributed by atoms with van der Waals surface area (Å²) in [4.78, 5) is 34.1. The smallest absolute Gasteiger partial charge is 0.223 e. The fourth-order valence-corrected chi connectivity index (χ4v) is 2.89. The van der Waals surface area contributed by atoms with Crippen molar-refractivity contribution >= 4 is 11.8 Å². The van der Waals surface area contributed by atoms with Crippen molar-refractivity contribution in [2.45, 2.75) is 26.3 Å². The van der Waals surface area contributed by atoms with Crippen LogP contribution in [0.1, 0.15) is 25.5 Å². The van der Waals surface area contributed by atoms with Crippen LogP contribution in [-0.2, 0) is 16.1 Å². The van der Waals surface area contributed by atoms with Crippen molar-refractivity contribution < 1.29 is 14.0 Å². The molecule has 0 saturated carbocycles. The lowest BCUT2D eigenvalue weighted by Gasteiger charge is -2.30. The maximum Gasteiger partial charge on any atom is 0.223 e. The molecule has 0 aromatic carbocycles. The van der Waals surface area contributed by atoms with Crippen molar-refractivity contribution in [2.24, 2.45) is 5.92 Å². The fraction of sp³-hybridized carbons (Fsp3) is 0.412. The zero-order chi connectivity index (χ0) is 16.9. The summed E-state index contributed by atoms with van der Waals surface area (Å²) in [6.45, 7) is 3.13. The quantitative estimate of drug-likeness (QED) is 0.921. The standard InChI is InChI=1S/C17H20N4O3/c1-12(22)21-8-4-13(5-9-21)17(23)20-11-14-16(19-7-6-18-14)15-3-2-10-24-15/h2-3,6-7,10,13H,4-5,8-9,11H2,1H3,(H,20,23). The first-order valence-corrected chi connectivity index (χ1v) is 8.02. The van der Waals surface area contributed by atoms with Crippen molar-refractivity contribution in [1.29, 1.82) is 0 Å². The summed E-state index contributed by atoms with van der Waals surface area (Å²) >= 11 is 0. The molecule has 2 aromatic rings. The van der Waals surface area contributed by atoms with E-state index in [-0.39, 0.29) is 17.7 Å². The minimum atomic E-state index is -0.0654. The van der Waals surface area contributed by atoms with E-state index in [4.69, 9.17) is 4.42 Å². The minimum Gasteiger partial charge on any atom is -0.463 e. The van der Waals surface area contributed by atoms with E-state index in [0.717, 1.165) is 0 Å². The molecule has 1 fully saturated rings. The molecule has 2 amide bonds. The van der Waals surface area contributed by atoms with Crippen LogP contribution in [0.15, 0.2) is 35.2 Å². The van der Waals surface area contributed by atoms with Gasteiger partial charge in [0.05, 0.1) is 18.5 Å². The Labute approximate surface area is 140 Å². The highest BCUT2D eigenvalue weighted by Crippen LogP contribution is 2.21. The van der Waals surface area contributed by atoms with Gasteiger partial charge in [-0.05, 0) is 25.0 Å². The summed E-state index contributed by atoms with van der Waals surface area (Å²) in [7, 11) is 0. The van der Waals surface area contributed by atoms with E-state index in [1.807, 2.05) is 6.07 Å². The Balaban J connectivity index is 1.59. The number of amides is 2. The Morgan fingerprint density at radius 2 is 2.04 bits per heavy atom. The normalized spacial score (nSPS) is 15.3. The van der Waals surface area contributed by atoms with Crippen LogP contribution in [0.2, 0.25) is 0 Å². The maximum absolute atomic E-state index is 12.4. The van der Waals surface area contributed by atoms with Crippen LogP contribution in [0.3, 0.4) is 0 Å². The first-order valence-electron chi connectivity index (χ1n) is 8.02. The summed E-state index contributed by atoms with van der Waals surface area (Å²) < 4.78 is 5.36. The highest BCUT2D eigenvalue weighted by Gasteiger charge is 2.26. The number of likely N-dealkylation sites (tertiary alicyclic amines) is 1. The van der Waals surface area contributed by atoms with E-state index >= 15 is 0 Å². The number of aromatic nitrogens is 2. The van der Waals surface area contributed by atoms with E-state index < -0.39 is 0 Å². The van der Waals surface area contributed by atoms with E-state index in [0.29, 0.717) is 49.6 Å². The van der Waals surface area contributed by atoms with Gasteiger partial charge in [-0.2, -0.15) is 0 Å². The maximum atomic E-state index is 12.4. The second kappa shape index (κ2) is 7.25. The Hall–Kier alpha value is -2.70. The average Bonchev–Trinajstić information content (AvgIpc) is 3.14. The third-order valence-corrected chi connectivity index (χ3v) is 4.27. The number of hydrogen-bond acceptors (Lipinski definition) is 5. The molecule has 3 rings (SSSR count). The Kier molecular flexibility index (Phi) is 4.88. The molecule has 3 heterocycles. The fourth-order valence-electron chi connectivity index (χ4n) is 2.89.